The van der Waals surface area contributed by atoms with Crippen LogP contribution in [-0.2, 0) is 4.79 Å². The summed E-state index contributed by atoms with van der Waals surface area (Å²) >= 11 is 1.44. The number of piperidine rings is 1. The molecule has 1 N–H and O–H groups in total. The van der Waals surface area contributed by atoms with Crippen LogP contribution in [0.1, 0.15) is 29.4 Å². The van der Waals surface area contributed by atoms with Crippen molar-refractivity contribution in [3.63, 3.8) is 0 Å². The first-order valence-corrected chi connectivity index (χ1v) is 7.02. The van der Waals surface area contributed by atoms with Crippen molar-refractivity contribution in [2.45, 2.75) is 25.8 Å². The van der Waals surface area contributed by atoms with Crippen molar-refractivity contribution in [3.05, 3.63) is 22.4 Å². The quantitative estimate of drug-likeness (QED) is 0.849. The minimum atomic E-state index is -0.754. The highest BCUT2D eigenvalue weighted by atomic mass is 32.1. The van der Waals surface area contributed by atoms with Crippen molar-refractivity contribution < 1.29 is 14.7 Å². The molecule has 0 aliphatic carbocycles. The van der Waals surface area contributed by atoms with Gasteiger partial charge in [0.15, 0.2) is 5.78 Å². The van der Waals surface area contributed by atoms with Gasteiger partial charge in [0.05, 0.1) is 16.8 Å². The number of carbonyl (C=O) groups is 2. The molecule has 1 fully saturated rings. The summed E-state index contributed by atoms with van der Waals surface area (Å²) in [5.41, 5.74) is 0. The minimum Gasteiger partial charge on any atom is -0.481 e. The number of hydrogen-bond donors (Lipinski definition) is 1. The standard InChI is InChI=1S/C13H17NO3S/c1-9(12(15)11-5-3-7-18-11)14-6-2-4-10(8-14)13(16)17/h3,5,7,9-10H,2,4,6,8H2,1H3,(H,16,17). The lowest BCUT2D eigenvalue weighted by Crippen LogP contribution is -2.46. The molecular weight excluding hydrogens is 250 g/mol. The molecule has 5 heteroatoms. The van der Waals surface area contributed by atoms with Gasteiger partial charge >= 0.3 is 5.97 Å². The van der Waals surface area contributed by atoms with Crippen molar-refractivity contribution in [1.82, 2.24) is 4.90 Å². The van der Waals surface area contributed by atoms with Gasteiger partial charge in [-0.05, 0) is 37.8 Å². The van der Waals surface area contributed by atoms with Gasteiger partial charge in [-0.25, -0.2) is 0 Å². The molecule has 0 spiro atoms. The SMILES string of the molecule is CC(C(=O)c1cccs1)N1CCCC(C(=O)O)C1. The molecule has 1 aromatic heterocycles. The van der Waals surface area contributed by atoms with E-state index in [1.54, 1.807) is 0 Å². The van der Waals surface area contributed by atoms with Crippen LogP contribution in [0.15, 0.2) is 17.5 Å². The fourth-order valence-corrected chi connectivity index (χ4v) is 3.10. The third-order valence-corrected chi connectivity index (χ3v) is 4.38. The highest BCUT2D eigenvalue weighted by Gasteiger charge is 2.31. The summed E-state index contributed by atoms with van der Waals surface area (Å²) in [5, 5.41) is 10.9. The molecule has 0 radical (unpaired) electrons. The van der Waals surface area contributed by atoms with E-state index >= 15 is 0 Å². The van der Waals surface area contributed by atoms with Crippen LogP contribution in [0, 0.1) is 5.92 Å². The Hall–Kier alpha value is -1.20. The van der Waals surface area contributed by atoms with Crippen LogP contribution in [-0.4, -0.2) is 40.9 Å². The molecule has 1 aliphatic heterocycles. The predicted octanol–water partition coefficient (Wildman–Crippen LogP) is 2.12. The summed E-state index contributed by atoms with van der Waals surface area (Å²) in [6, 6.07) is 3.45. The second-order valence-corrected chi connectivity index (χ2v) is 5.64. The van der Waals surface area contributed by atoms with E-state index in [9.17, 15) is 9.59 Å². The second kappa shape index (κ2) is 5.63. The van der Waals surface area contributed by atoms with Gasteiger partial charge < -0.3 is 5.11 Å². The van der Waals surface area contributed by atoms with E-state index in [1.165, 1.54) is 11.3 Å². The Morgan fingerprint density at radius 1 is 1.56 bits per heavy atom. The Bertz CT molecular complexity index is 429. The number of nitrogens with zero attached hydrogens (tertiary/aromatic N) is 1. The smallest absolute Gasteiger partial charge is 0.307 e. The molecule has 2 heterocycles. The van der Waals surface area contributed by atoms with E-state index in [-0.39, 0.29) is 17.7 Å². The Kier molecular flexibility index (Phi) is 4.14. The Morgan fingerprint density at radius 2 is 2.33 bits per heavy atom. The zero-order valence-electron chi connectivity index (χ0n) is 10.3. The molecule has 2 atom stereocenters. The van der Waals surface area contributed by atoms with Crippen LogP contribution in [0.3, 0.4) is 0 Å². The van der Waals surface area contributed by atoms with E-state index in [2.05, 4.69) is 0 Å². The summed E-state index contributed by atoms with van der Waals surface area (Å²) in [6.45, 7) is 3.15. The number of ketones is 1. The number of aliphatic carboxylic acids is 1. The second-order valence-electron chi connectivity index (χ2n) is 4.69. The summed E-state index contributed by atoms with van der Waals surface area (Å²) in [5.74, 6) is -0.996. The fourth-order valence-electron chi connectivity index (χ4n) is 2.35. The summed E-state index contributed by atoms with van der Waals surface area (Å²) < 4.78 is 0. The molecule has 4 nitrogen and oxygen atoms in total. The maximum Gasteiger partial charge on any atom is 0.307 e. The maximum absolute atomic E-state index is 12.2. The monoisotopic (exact) mass is 267 g/mol. The minimum absolute atomic E-state index is 0.0936. The summed E-state index contributed by atoms with van der Waals surface area (Å²) in [6.07, 6.45) is 1.56. The number of likely N-dealkylation sites (tertiary alicyclic amines) is 1. The highest BCUT2D eigenvalue weighted by Crippen LogP contribution is 2.21. The normalized spacial score (nSPS) is 22.6. The molecule has 2 rings (SSSR count). The van der Waals surface area contributed by atoms with E-state index in [0.717, 1.165) is 17.8 Å². The van der Waals surface area contributed by atoms with Crippen LogP contribution in [0.25, 0.3) is 0 Å². The lowest BCUT2D eigenvalue weighted by Gasteiger charge is -2.34. The number of carboxylic acids is 1. The molecule has 1 aromatic rings. The predicted molar refractivity (Wildman–Crippen MR) is 70.0 cm³/mol. The Balaban J connectivity index is 2.02. The van der Waals surface area contributed by atoms with Gasteiger partial charge in [0.2, 0.25) is 0 Å². The number of rotatable bonds is 4. The lowest BCUT2D eigenvalue weighted by molar-refractivity contribution is -0.143. The maximum atomic E-state index is 12.2. The number of hydrogen-bond acceptors (Lipinski definition) is 4. The van der Waals surface area contributed by atoms with E-state index in [0.29, 0.717) is 13.0 Å². The topological polar surface area (TPSA) is 57.6 Å². The lowest BCUT2D eigenvalue weighted by atomic mass is 9.96. The van der Waals surface area contributed by atoms with Gasteiger partial charge in [0, 0.05) is 6.54 Å². The Labute approximate surface area is 110 Å². The van der Waals surface area contributed by atoms with Crippen LogP contribution >= 0.6 is 11.3 Å². The first-order valence-electron chi connectivity index (χ1n) is 6.14. The molecule has 0 amide bonds. The molecule has 18 heavy (non-hydrogen) atoms. The Morgan fingerprint density at radius 3 is 2.94 bits per heavy atom. The average molecular weight is 267 g/mol. The van der Waals surface area contributed by atoms with Gasteiger partial charge in [-0.3, -0.25) is 14.5 Å². The molecule has 0 saturated carbocycles. The first kappa shape index (κ1) is 13.2. The summed E-state index contributed by atoms with van der Waals surface area (Å²) in [4.78, 5) is 26.0. The molecule has 2 unspecified atom stereocenters. The number of thiophene rings is 1. The van der Waals surface area contributed by atoms with Gasteiger partial charge in [0.1, 0.15) is 0 Å². The van der Waals surface area contributed by atoms with Crippen molar-refractivity contribution in [1.29, 1.82) is 0 Å². The fraction of sp³-hybridized carbons (Fsp3) is 0.538. The number of carbonyl (C=O) groups excluding carboxylic acids is 1. The number of carboxylic acid groups (broad SMARTS) is 1. The zero-order chi connectivity index (χ0) is 13.1. The average Bonchev–Trinajstić information content (AvgIpc) is 2.91. The van der Waals surface area contributed by atoms with Crippen molar-refractivity contribution in [2.24, 2.45) is 5.92 Å². The van der Waals surface area contributed by atoms with Crippen LogP contribution in [0.5, 0.6) is 0 Å². The molecule has 1 saturated heterocycles. The molecular formula is C13H17NO3S. The van der Waals surface area contributed by atoms with E-state index in [1.807, 2.05) is 29.3 Å². The van der Waals surface area contributed by atoms with Crippen LogP contribution in [0.4, 0.5) is 0 Å². The molecule has 1 aliphatic rings. The van der Waals surface area contributed by atoms with Gasteiger partial charge in [-0.1, -0.05) is 6.07 Å². The third kappa shape index (κ3) is 2.79. The van der Waals surface area contributed by atoms with Crippen molar-refractivity contribution >= 4 is 23.1 Å². The number of Topliss-reactive ketones (excluding diaryl/α,β-unsaturated/α-hetero) is 1. The van der Waals surface area contributed by atoms with Crippen LogP contribution in [0.2, 0.25) is 0 Å². The van der Waals surface area contributed by atoms with Crippen LogP contribution < -0.4 is 0 Å². The van der Waals surface area contributed by atoms with Gasteiger partial charge in [-0.15, -0.1) is 11.3 Å². The summed E-state index contributed by atoms with van der Waals surface area (Å²) in [7, 11) is 0. The van der Waals surface area contributed by atoms with Gasteiger partial charge in [0.25, 0.3) is 0 Å². The first-order chi connectivity index (χ1) is 8.59. The largest absolute Gasteiger partial charge is 0.481 e. The molecule has 98 valence electrons. The van der Waals surface area contributed by atoms with Crippen molar-refractivity contribution in [3.8, 4) is 0 Å². The highest BCUT2D eigenvalue weighted by molar-refractivity contribution is 7.12. The van der Waals surface area contributed by atoms with E-state index < -0.39 is 5.97 Å². The van der Waals surface area contributed by atoms with Crippen molar-refractivity contribution in [2.75, 3.05) is 13.1 Å². The zero-order valence-corrected chi connectivity index (χ0v) is 11.2. The van der Waals surface area contributed by atoms with Gasteiger partial charge in [-0.2, -0.15) is 0 Å². The van der Waals surface area contributed by atoms with E-state index in [4.69, 9.17) is 5.11 Å². The molecule has 0 bridgehead atoms. The molecule has 0 aromatic carbocycles. The third-order valence-electron chi connectivity index (χ3n) is 3.49.